The standard InChI is InChI=1S/Li.NO3.2H2O/c;2-1(3)4;;/h;;2*1H2/q+1;-1;;. The van der Waals surface area contributed by atoms with E-state index in [-0.39, 0.29) is 29.8 Å². The number of hydrogen-bond donors (Lipinski definition) is 0. The predicted molar refractivity (Wildman–Crippen MR) is 17.6 cm³/mol. The molecule has 0 aromatic rings. The van der Waals surface area contributed by atoms with Gasteiger partial charge in [0.2, 0.25) is 0 Å². The Kier molecular flexibility index (Phi) is 73.2. The maximum Gasteiger partial charge on any atom is 1.00 e. The number of hydrogen-bond acceptors (Lipinski definition) is 3. The van der Waals surface area contributed by atoms with Gasteiger partial charge in [-0.25, -0.2) is 0 Å². The summed E-state index contributed by atoms with van der Waals surface area (Å²) in [6.45, 7) is 0. The van der Waals surface area contributed by atoms with Crippen molar-refractivity contribution in [3.8, 4) is 0 Å². The molecule has 0 aromatic heterocycles. The van der Waals surface area contributed by atoms with Gasteiger partial charge in [0.15, 0.2) is 0 Å². The topological polar surface area (TPSA) is 129 Å². The molecular formula is H4LiNO5. The van der Waals surface area contributed by atoms with E-state index in [9.17, 15) is 0 Å². The second-order valence-corrected chi connectivity index (χ2v) is 0.224. The number of rotatable bonds is 0. The van der Waals surface area contributed by atoms with Gasteiger partial charge in [0.25, 0.3) is 0 Å². The van der Waals surface area contributed by atoms with Crippen molar-refractivity contribution in [2.75, 3.05) is 0 Å². The third kappa shape index (κ3) is 989. The molecule has 0 aliphatic carbocycles. The van der Waals surface area contributed by atoms with Crippen molar-refractivity contribution in [1.29, 1.82) is 0 Å². The van der Waals surface area contributed by atoms with Crippen molar-refractivity contribution in [3.63, 3.8) is 0 Å². The Morgan fingerprint density at radius 3 is 1.14 bits per heavy atom. The van der Waals surface area contributed by atoms with Gasteiger partial charge >= 0.3 is 18.9 Å². The average molecular weight is 105 g/mol. The van der Waals surface area contributed by atoms with Crippen molar-refractivity contribution < 1.29 is 34.9 Å². The van der Waals surface area contributed by atoms with E-state index >= 15 is 0 Å². The van der Waals surface area contributed by atoms with E-state index in [2.05, 4.69) is 0 Å². The zero-order valence-electron chi connectivity index (χ0n) is 3.67. The molecule has 0 heterocycles. The third-order valence-electron chi connectivity index (χ3n) is 0. The first kappa shape index (κ1) is 29.7. The zero-order chi connectivity index (χ0) is 3.58. The molecule has 0 saturated carbocycles. The van der Waals surface area contributed by atoms with E-state index in [0.29, 0.717) is 0 Å². The SMILES string of the molecule is O.O.O=[N+]([O-])[O-].[Li+]. The average Bonchev–Trinajstić information content (AvgIpc) is 0.811. The molecule has 0 rings (SSSR count). The van der Waals surface area contributed by atoms with Crippen molar-refractivity contribution in [2.24, 2.45) is 0 Å². The molecule has 40 valence electrons. The predicted octanol–water partition coefficient (Wildman–Crippen LogP) is -4.88. The Morgan fingerprint density at radius 2 is 1.14 bits per heavy atom. The van der Waals surface area contributed by atoms with Crippen LogP contribution in [-0.2, 0) is 0 Å². The molecule has 0 unspecified atom stereocenters. The molecule has 0 aliphatic heterocycles. The number of nitrogens with zero attached hydrogens (tertiary/aromatic N) is 1. The van der Waals surface area contributed by atoms with Crippen LogP contribution in [0.1, 0.15) is 0 Å². The third-order valence-corrected chi connectivity index (χ3v) is 0. The normalized spacial score (nSPS) is 3.43. The maximum absolute atomic E-state index is 8.25. The second-order valence-electron chi connectivity index (χ2n) is 0.224. The van der Waals surface area contributed by atoms with Gasteiger partial charge in [0.1, 0.15) is 0 Å². The fourth-order valence-electron chi connectivity index (χ4n) is 0. The van der Waals surface area contributed by atoms with Gasteiger partial charge in [0.05, 0.1) is 5.09 Å². The Bertz CT molecular complexity index is 31.1. The van der Waals surface area contributed by atoms with Gasteiger partial charge < -0.3 is 26.3 Å². The summed E-state index contributed by atoms with van der Waals surface area (Å²) in [5.74, 6) is 0. The van der Waals surface area contributed by atoms with Crippen LogP contribution in [0.3, 0.4) is 0 Å². The summed E-state index contributed by atoms with van der Waals surface area (Å²) in [4.78, 5) is 8.25. The first-order valence-corrected chi connectivity index (χ1v) is 0.548. The van der Waals surface area contributed by atoms with Crippen LogP contribution in [0, 0.1) is 15.3 Å². The molecule has 0 bridgehead atoms. The molecule has 6 nitrogen and oxygen atoms in total. The summed E-state index contributed by atoms with van der Waals surface area (Å²) in [7, 11) is 0. The van der Waals surface area contributed by atoms with Crippen molar-refractivity contribution in [1.82, 2.24) is 0 Å². The van der Waals surface area contributed by atoms with E-state index in [0.717, 1.165) is 0 Å². The molecule has 0 spiro atoms. The Balaban J connectivity index is -0.0000000150. The fourth-order valence-corrected chi connectivity index (χ4v) is 0. The van der Waals surface area contributed by atoms with Crippen molar-refractivity contribution >= 4 is 0 Å². The second kappa shape index (κ2) is 17.2. The van der Waals surface area contributed by atoms with Gasteiger partial charge in [-0.1, -0.05) is 0 Å². The van der Waals surface area contributed by atoms with E-state index in [1.807, 2.05) is 0 Å². The Morgan fingerprint density at radius 1 is 1.14 bits per heavy atom. The minimum absolute atomic E-state index is 0. The summed E-state index contributed by atoms with van der Waals surface area (Å²) in [6.07, 6.45) is 0. The van der Waals surface area contributed by atoms with E-state index < -0.39 is 5.09 Å². The minimum atomic E-state index is -1.75. The van der Waals surface area contributed by atoms with Gasteiger partial charge in [-0.05, 0) is 0 Å². The Hall–Kier alpha value is -0.283. The van der Waals surface area contributed by atoms with E-state index in [1.165, 1.54) is 0 Å². The molecule has 0 fully saturated rings. The van der Waals surface area contributed by atoms with Crippen LogP contribution in [0.4, 0.5) is 0 Å². The van der Waals surface area contributed by atoms with Gasteiger partial charge in [-0.2, -0.15) is 0 Å². The first-order chi connectivity index (χ1) is 1.73. The molecule has 0 amide bonds. The summed E-state index contributed by atoms with van der Waals surface area (Å²) in [5.41, 5.74) is 0. The van der Waals surface area contributed by atoms with Crippen LogP contribution in [0.25, 0.3) is 0 Å². The molecule has 0 atom stereocenters. The van der Waals surface area contributed by atoms with Gasteiger partial charge in [-0.15, -0.1) is 0 Å². The summed E-state index contributed by atoms with van der Waals surface area (Å²) in [6, 6.07) is 0. The smallest absolute Gasteiger partial charge is 0.412 e. The molecule has 0 saturated heterocycles. The monoisotopic (exact) mass is 105 g/mol. The molecule has 7 heteroatoms. The molecule has 0 aliphatic rings. The summed E-state index contributed by atoms with van der Waals surface area (Å²) in [5, 5.41) is 14.8. The van der Waals surface area contributed by atoms with Gasteiger partial charge in [0, 0.05) is 0 Å². The largest absolute Gasteiger partial charge is 1.00 e. The molecule has 0 aromatic carbocycles. The van der Waals surface area contributed by atoms with E-state index in [1.54, 1.807) is 0 Å². The Labute approximate surface area is 51.0 Å². The fraction of sp³-hybridized carbons (Fsp3) is 0. The van der Waals surface area contributed by atoms with Crippen molar-refractivity contribution in [2.45, 2.75) is 0 Å². The molecule has 7 heavy (non-hydrogen) atoms. The van der Waals surface area contributed by atoms with Crippen LogP contribution in [0.2, 0.25) is 0 Å². The first-order valence-electron chi connectivity index (χ1n) is 0.548. The van der Waals surface area contributed by atoms with Crippen LogP contribution in [-0.4, -0.2) is 16.0 Å². The van der Waals surface area contributed by atoms with E-state index in [4.69, 9.17) is 15.3 Å². The maximum atomic E-state index is 8.25. The van der Waals surface area contributed by atoms with Crippen LogP contribution in [0.5, 0.6) is 0 Å². The molecule has 0 radical (unpaired) electrons. The zero-order valence-corrected chi connectivity index (χ0v) is 3.67. The van der Waals surface area contributed by atoms with Crippen LogP contribution < -0.4 is 18.9 Å². The van der Waals surface area contributed by atoms with Crippen molar-refractivity contribution in [3.05, 3.63) is 15.3 Å². The minimum Gasteiger partial charge on any atom is -0.412 e. The summed E-state index contributed by atoms with van der Waals surface area (Å²) < 4.78 is 0. The quantitative estimate of drug-likeness (QED) is 0.174. The molecule has 4 N–H and O–H groups in total. The van der Waals surface area contributed by atoms with Crippen LogP contribution >= 0.6 is 0 Å². The summed E-state index contributed by atoms with van der Waals surface area (Å²) >= 11 is 0. The van der Waals surface area contributed by atoms with Crippen LogP contribution in [0.15, 0.2) is 0 Å². The van der Waals surface area contributed by atoms with Gasteiger partial charge in [-0.3, -0.25) is 0 Å². The molecular weight excluding hydrogens is 101 g/mol.